The molecule has 1 rings (SSSR count). The largest absolute Gasteiger partial charge is 0.390 e. The molecule has 0 spiro atoms. The molecule has 108 valence electrons. The first-order chi connectivity index (χ1) is 9.01. The fourth-order valence-corrected chi connectivity index (χ4v) is 3.52. The van der Waals surface area contributed by atoms with E-state index in [1.165, 1.54) is 4.91 Å². The van der Waals surface area contributed by atoms with Gasteiger partial charge in [0.2, 0.25) is 0 Å². The number of allylic oxidation sites excluding steroid dienone is 4. The van der Waals surface area contributed by atoms with E-state index in [0.717, 1.165) is 5.75 Å². The van der Waals surface area contributed by atoms with Gasteiger partial charge in [0, 0.05) is 0 Å². The molecule has 3 heteroatoms. The molecule has 0 aliphatic carbocycles. The van der Waals surface area contributed by atoms with Crippen molar-refractivity contribution >= 4 is 10.0 Å². The van der Waals surface area contributed by atoms with Crippen molar-refractivity contribution in [2.75, 3.05) is 24.9 Å². The SMILES string of the molecule is C=CCS(C)(C)C(/C=C\C)=C/C=C/CC(O)[C@H]1CO1. The van der Waals surface area contributed by atoms with E-state index in [1.807, 2.05) is 25.2 Å². The molecule has 2 atom stereocenters. The molecule has 0 aromatic heterocycles. The summed E-state index contributed by atoms with van der Waals surface area (Å²) in [6.45, 7) is 6.58. The number of epoxide rings is 1. The van der Waals surface area contributed by atoms with E-state index in [-0.39, 0.29) is 12.2 Å². The molecule has 2 nitrogen and oxygen atoms in total. The summed E-state index contributed by atoms with van der Waals surface area (Å²) in [4.78, 5) is 1.35. The molecule has 1 saturated heterocycles. The van der Waals surface area contributed by atoms with Crippen LogP contribution in [0.5, 0.6) is 0 Å². The molecule has 0 aromatic carbocycles. The number of aliphatic hydroxyl groups is 1. The van der Waals surface area contributed by atoms with Crippen LogP contribution in [0.3, 0.4) is 0 Å². The quantitative estimate of drug-likeness (QED) is 0.420. The summed E-state index contributed by atoms with van der Waals surface area (Å²) < 4.78 is 5.06. The van der Waals surface area contributed by atoms with Gasteiger partial charge in [0.05, 0.1) is 12.7 Å². The molecular formula is C16H26O2S. The zero-order valence-corrected chi connectivity index (χ0v) is 13.0. The Labute approximate surface area is 118 Å². The molecule has 0 saturated carbocycles. The summed E-state index contributed by atoms with van der Waals surface area (Å²) in [5.74, 6) is 1.02. The lowest BCUT2D eigenvalue weighted by atomic mass is 10.2. The lowest BCUT2D eigenvalue weighted by Crippen LogP contribution is -2.12. The fraction of sp³-hybridized carbons (Fsp3) is 0.500. The third-order valence-electron chi connectivity index (χ3n) is 3.07. The predicted octanol–water partition coefficient (Wildman–Crippen LogP) is 3.40. The van der Waals surface area contributed by atoms with Gasteiger partial charge < -0.3 is 9.84 Å². The summed E-state index contributed by atoms with van der Waals surface area (Å²) in [6, 6.07) is 0. The summed E-state index contributed by atoms with van der Waals surface area (Å²) in [7, 11) is -0.821. The Morgan fingerprint density at radius 3 is 2.74 bits per heavy atom. The third-order valence-corrected chi connectivity index (χ3v) is 5.68. The topological polar surface area (TPSA) is 32.8 Å². The molecular weight excluding hydrogens is 256 g/mol. The van der Waals surface area contributed by atoms with Crippen molar-refractivity contribution in [2.45, 2.75) is 25.6 Å². The molecule has 0 bridgehead atoms. The van der Waals surface area contributed by atoms with Crippen molar-refractivity contribution < 1.29 is 9.84 Å². The average Bonchev–Trinajstić information content (AvgIpc) is 3.16. The summed E-state index contributed by atoms with van der Waals surface area (Å²) in [6.07, 6.45) is 17.4. The molecule has 1 aliphatic rings. The fourth-order valence-electron chi connectivity index (χ4n) is 1.79. The maximum atomic E-state index is 9.68. The Morgan fingerprint density at radius 2 is 2.21 bits per heavy atom. The standard InChI is InChI=1S/C16H26O2S/c1-5-9-14(19(3,4)12-6-2)10-7-8-11-15(17)16-13-18-16/h5-10,15-17H,2,11-13H2,1,3-4H3/b8-7+,9-5-,14-10+/t15?,16-/m1/s1. The van der Waals surface area contributed by atoms with Crippen LogP contribution in [-0.2, 0) is 4.74 Å². The highest BCUT2D eigenvalue weighted by Gasteiger charge is 2.29. The second-order valence-corrected chi connectivity index (χ2v) is 9.05. The van der Waals surface area contributed by atoms with Crippen LogP contribution in [0, 0.1) is 0 Å². The van der Waals surface area contributed by atoms with Gasteiger partial charge in [-0.1, -0.05) is 36.5 Å². The van der Waals surface area contributed by atoms with Crippen LogP contribution in [0.15, 0.2) is 47.9 Å². The van der Waals surface area contributed by atoms with Gasteiger partial charge in [-0.2, -0.15) is 0 Å². The first-order valence-electron chi connectivity index (χ1n) is 6.62. The van der Waals surface area contributed by atoms with Crippen molar-refractivity contribution in [1.29, 1.82) is 0 Å². The number of rotatable bonds is 8. The summed E-state index contributed by atoms with van der Waals surface area (Å²) in [5, 5.41) is 9.68. The molecule has 0 amide bonds. The van der Waals surface area contributed by atoms with Gasteiger partial charge in [0.1, 0.15) is 6.10 Å². The van der Waals surface area contributed by atoms with E-state index >= 15 is 0 Å². The highest BCUT2D eigenvalue weighted by atomic mass is 32.3. The van der Waals surface area contributed by atoms with E-state index in [1.54, 1.807) is 0 Å². The van der Waals surface area contributed by atoms with Gasteiger partial charge in [-0.15, -0.1) is 6.58 Å². The zero-order chi connectivity index (χ0) is 14.3. The van der Waals surface area contributed by atoms with E-state index in [9.17, 15) is 5.11 Å². The first-order valence-corrected chi connectivity index (χ1v) is 9.24. The third kappa shape index (κ3) is 5.81. The van der Waals surface area contributed by atoms with Crippen molar-refractivity contribution in [3.63, 3.8) is 0 Å². The van der Waals surface area contributed by atoms with Crippen LogP contribution < -0.4 is 0 Å². The van der Waals surface area contributed by atoms with Crippen molar-refractivity contribution in [3.8, 4) is 0 Å². The van der Waals surface area contributed by atoms with Crippen LogP contribution in [0.1, 0.15) is 13.3 Å². The predicted molar refractivity (Wildman–Crippen MR) is 86.9 cm³/mol. The molecule has 1 N–H and O–H groups in total. The zero-order valence-electron chi connectivity index (χ0n) is 12.2. The van der Waals surface area contributed by atoms with Gasteiger partial charge >= 0.3 is 0 Å². The second-order valence-electron chi connectivity index (χ2n) is 5.17. The number of hydrogen-bond donors (Lipinski definition) is 1. The minimum Gasteiger partial charge on any atom is -0.390 e. The Kier molecular flexibility index (Phi) is 6.63. The minimum absolute atomic E-state index is 0.0615. The minimum atomic E-state index is -0.821. The first kappa shape index (κ1) is 16.3. The number of ether oxygens (including phenoxy) is 1. The van der Waals surface area contributed by atoms with Crippen molar-refractivity contribution in [1.82, 2.24) is 0 Å². The molecule has 1 aliphatic heterocycles. The summed E-state index contributed by atoms with van der Waals surface area (Å²) >= 11 is 0. The van der Waals surface area contributed by atoms with Gasteiger partial charge in [-0.3, -0.25) is 0 Å². The van der Waals surface area contributed by atoms with Crippen LogP contribution in [0.2, 0.25) is 0 Å². The van der Waals surface area contributed by atoms with E-state index in [2.05, 4.69) is 37.3 Å². The van der Waals surface area contributed by atoms with Crippen LogP contribution in [0.25, 0.3) is 0 Å². The Bertz CT molecular complexity index is 376. The van der Waals surface area contributed by atoms with Crippen LogP contribution >= 0.6 is 10.0 Å². The smallest absolute Gasteiger partial charge is 0.107 e. The Morgan fingerprint density at radius 1 is 1.53 bits per heavy atom. The highest BCUT2D eigenvalue weighted by molar-refractivity contribution is 8.36. The Hall–Kier alpha value is -0.770. The van der Waals surface area contributed by atoms with Gasteiger partial charge in [0.15, 0.2) is 0 Å². The number of aliphatic hydroxyl groups excluding tert-OH is 1. The highest BCUT2D eigenvalue weighted by Crippen LogP contribution is 2.49. The van der Waals surface area contributed by atoms with Gasteiger partial charge in [-0.25, -0.2) is 10.0 Å². The average molecular weight is 282 g/mol. The summed E-state index contributed by atoms with van der Waals surface area (Å²) in [5.41, 5.74) is 0. The van der Waals surface area contributed by atoms with Crippen LogP contribution in [0.4, 0.5) is 0 Å². The van der Waals surface area contributed by atoms with E-state index in [4.69, 9.17) is 4.74 Å². The van der Waals surface area contributed by atoms with Gasteiger partial charge in [-0.05, 0) is 36.5 Å². The van der Waals surface area contributed by atoms with Crippen molar-refractivity contribution in [3.05, 3.63) is 47.9 Å². The normalized spacial score (nSPS) is 22.9. The Balaban J connectivity index is 2.61. The van der Waals surface area contributed by atoms with E-state index in [0.29, 0.717) is 13.0 Å². The second kappa shape index (κ2) is 7.73. The molecule has 1 heterocycles. The van der Waals surface area contributed by atoms with Gasteiger partial charge in [0.25, 0.3) is 0 Å². The lowest BCUT2D eigenvalue weighted by Gasteiger charge is -2.31. The lowest BCUT2D eigenvalue weighted by molar-refractivity contribution is 0.138. The molecule has 1 fully saturated rings. The van der Waals surface area contributed by atoms with Crippen LogP contribution in [-0.4, -0.2) is 42.2 Å². The molecule has 0 aromatic rings. The monoisotopic (exact) mass is 282 g/mol. The maximum absolute atomic E-state index is 9.68. The molecule has 1 unspecified atom stereocenters. The maximum Gasteiger partial charge on any atom is 0.107 e. The van der Waals surface area contributed by atoms with Crippen molar-refractivity contribution in [2.24, 2.45) is 0 Å². The number of hydrogen-bond acceptors (Lipinski definition) is 2. The molecule has 0 radical (unpaired) electrons. The van der Waals surface area contributed by atoms with E-state index < -0.39 is 10.0 Å². The molecule has 19 heavy (non-hydrogen) atoms.